The Labute approximate surface area is 103 Å². The van der Waals surface area contributed by atoms with Crippen LogP contribution in [0.5, 0.6) is 5.75 Å². The quantitative estimate of drug-likeness (QED) is 0.853. The lowest BCUT2D eigenvalue weighted by molar-refractivity contribution is 0.414. The zero-order valence-electron chi connectivity index (χ0n) is 9.48. The lowest BCUT2D eigenvalue weighted by Gasteiger charge is -2.08. The van der Waals surface area contributed by atoms with Gasteiger partial charge in [0, 0.05) is 25.5 Å². The summed E-state index contributed by atoms with van der Waals surface area (Å²) in [6.45, 7) is 0. The number of benzene rings is 1. The largest absolute Gasteiger partial charge is 0.495 e. The summed E-state index contributed by atoms with van der Waals surface area (Å²) in [5.41, 5.74) is 5.90. The Morgan fingerprint density at radius 2 is 2.24 bits per heavy atom. The summed E-state index contributed by atoms with van der Waals surface area (Å²) in [7, 11) is 3.35. The van der Waals surface area contributed by atoms with Gasteiger partial charge in [-0.1, -0.05) is 0 Å². The van der Waals surface area contributed by atoms with E-state index in [0.717, 1.165) is 0 Å². The van der Waals surface area contributed by atoms with Crippen molar-refractivity contribution in [3.05, 3.63) is 30.3 Å². The second-order valence-electron chi connectivity index (χ2n) is 3.45. The van der Waals surface area contributed by atoms with Gasteiger partial charge in [0.05, 0.1) is 17.7 Å². The molecule has 1 aromatic carbocycles. The van der Waals surface area contributed by atoms with Crippen LogP contribution in [0.1, 0.15) is 0 Å². The van der Waals surface area contributed by atoms with E-state index in [-0.39, 0.29) is 11.5 Å². The van der Waals surface area contributed by atoms with E-state index in [1.54, 1.807) is 18.5 Å². The molecule has 0 unspecified atom stereocenters. The van der Waals surface area contributed by atoms with Crippen LogP contribution in [-0.4, -0.2) is 16.7 Å². The van der Waals surface area contributed by atoms with Crippen LogP contribution in [0.25, 0.3) is 0 Å². The highest BCUT2D eigenvalue weighted by molar-refractivity contribution is 7.99. The van der Waals surface area contributed by atoms with Crippen LogP contribution in [0, 0.1) is 5.82 Å². The van der Waals surface area contributed by atoms with Crippen LogP contribution < -0.4 is 10.5 Å². The molecule has 0 atom stereocenters. The lowest BCUT2D eigenvalue weighted by atomic mass is 10.3. The first-order chi connectivity index (χ1) is 8.11. The first-order valence-corrected chi connectivity index (χ1v) is 5.71. The van der Waals surface area contributed by atoms with Crippen molar-refractivity contribution in [3.8, 4) is 5.75 Å². The molecule has 2 aromatic rings. The van der Waals surface area contributed by atoms with Crippen molar-refractivity contribution in [1.82, 2.24) is 9.55 Å². The Bertz CT molecular complexity index is 542. The summed E-state index contributed by atoms with van der Waals surface area (Å²) in [6, 6.07) is 2.83. The molecule has 0 saturated carbocycles. The molecule has 0 aliphatic carbocycles. The topological polar surface area (TPSA) is 53.1 Å². The number of rotatable bonds is 3. The molecule has 0 aliphatic rings. The Balaban J connectivity index is 2.36. The van der Waals surface area contributed by atoms with Crippen LogP contribution >= 0.6 is 11.8 Å². The van der Waals surface area contributed by atoms with Gasteiger partial charge in [0.2, 0.25) is 0 Å². The minimum Gasteiger partial charge on any atom is -0.495 e. The summed E-state index contributed by atoms with van der Waals surface area (Å²) in [5, 5.41) is 0.704. The zero-order valence-corrected chi connectivity index (χ0v) is 10.3. The molecule has 0 saturated heterocycles. The summed E-state index contributed by atoms with van der Waals surface area (Å²) in [5.74, 6) is 0.0828. The fourth-order valence-corrected chi connectivity index (χ4v) is 2.19. The van der Waals surface area contributed by atoms with Crippen LogP contribution in [0.4, 0.5) is 10.1 Å². The van der Waals surface area contributed by atoms with Gasteiger partial charge in [0.15, 0.2) is 5.16 Å². The predicted octanol–water partition coefficient (Wildman–Crippen LogP) is 2.30. The van der Waals surface area contributed by atoms with Crippen molar-refractivity contribution >= 4 is 17.4 Å². The Kier molecular flexibility index (Phi) is 3.23. The van der Waals surface area contributed by atoms with E-state index in [1.165, 1.54) is 24.9 Å². The van der Waals surface area contributed by atoms with Crippen LogP contribution in [-0.2, 0) is 7.05 Å². The van der Waals surface area contributed by atoms with E-state index in [4.69, 9.17) is 10.5 Å². The van der Waals surface area contributed by atoms with Gasteiger partial charge in [-0.3, -0.25) is 0 Å². The molecule has 6 heteroatoms. The van der Waals surface area contributed by atoms with Gasteiger partial charge < -0.3 is 15.0 Å². The number of anilines is 1. The molecule has 2 rings (SSSR count). The number of ether oxygens (including phenoxy) is 1. The molecule has 0 spiro atoms. The molecular weight excluding hydrogens is 241 g/mol. The molecule has 0 fully saturated rings. The van der Waals surface area contributed by atoms with Crippen molar-refractivity contribution in [2.45, 2.75) is 10.1 Å². The van der Waals surface area contributed by atoms with E-state index in [2.05, 4.69) is 4.98 Å². The van der Waals surface area contributed by atoms with E-state index < -0.39 is 0 Å². The number of aryl methyl sites for hydroxylation is 1. The number of imidazole rings is 1. The summed E-state index contributed by atoms with van der Waals surface area (Å²) < 4.78 is 20.6. The normalized spacial score (nSPS) is 10.5. The van der Waals surface area contributed by atoms with Gasteiger partial charge in [0.25, 0.3) is 0 Å². The standard InChI is InChI=1S/C11H12FN3OS/c1-15-4-3-14-11(15)17-10-6-9(16-2)8(13)5-7(10)12/h3-6H,13H2,1-2H3. The molecular formula is C11H12FN3OS. The highest BCUT2D eigenvalue weighted by Crippen LogP contribution is 2.34. The van der Waals surface area contributed by atoms with Crippen molar-refractivity contribution < 1.29 is 9.13 Å². The van der Waals surface area contributed by atoms with E-state index >= 15 is 0 Å². The lowest BCUT2D eigenvalue weighted by Crippen LogP contribution is -1.96. The maximum atomic E-state index is 13.7. The number of hydrogen-bond donors (Lipinski definition) is 1. The number of aromatic nitrogens is 2. The van der Waals surface area contributed by atoms with Crippen LogP contribution in [0.15, 0.2) is 34.6 Å². The Hall–Kier alpha value is -1.69. The number of halogens is 1. The fourth-order valence-electron chi connectivity index (χ4n) is 1.35. The predicted molar refractivity (Wildman–Crippen MR) is 64.7 cm³/mol. The number of nitrogens with zero attached hydrogens (tertiary/aromatic N) is 2. The molecule has 1 heterocycles. The molecule has 4 nitrogen and oxygen atoms in total. The van der Waals surface area contributed by atoms with Crippen molar-refractivity contribution in [3.63, 3.8) is 0 Å². The van der Waals surface area contributed by atoms with Gasteiger partial charge in [-0.2, -0.15) is 0 Å². The van der Waals surface area contributed by atoms with E-state index in [1.807, 2.05) is 11.6 Å². The van der Waals surface area contributed by atoms with Crippen LogP contribution in [0.3, 0.4) is 0 Å². The molecule has 0 amide bonds. The van der Waals surface area contributed by atoms with Gasteiger partial charge in [-0.25, -0.2) is 9.37 Å². The highest BCUT2D eigenvalue weighted by atomic mass is 32.2. The van der Waals surface area contributed by atoms with Crippen molar-refractivity contribution in [2.75, 3.05) is 12.8 Å². The third kappa shape index (κ3) is 2.36. The third-order valence-corrected chi connectivity index (χ3v) is 3.37. The third-order valence-electron chi connectivity index (χ3n) is 2.26. The second kappa shape index (κ2) is 4.67. The molecule has 2 N–H and O–H groups in total. The minimum absolute atomic E-state index is 0.286. The summed E-state index contributed by atoms with van der Waals surface area (Å²) in [4.78, 5) is 4.55. The summed E-state index contributed by atoms with van der Waals surface area (Å²) in [6.07, 6.45) is 3.46. The highest BCUT2D eigenvalue weighted by Gasteiger charge is 2.11. The number of methoxy groups -OCH3 is 1. The first kappa shape index (κ1) is 11.8. The first-order valence-electron chi connectivity index (χ1n) is 4.90. The van der Waals surface area contributed by atoms with Crippen molar-refractivity contribution in [1.29, 1.82) is 0 Å². The smallest absolute Gasteiger partial charge is 0.172 e. The molecule has 0 aliphatic heterocycles. The average molecular weight is 253 g/mol. The number of hydrogen-bond acceptors (Lipinski definition) is 4. The molecule has 17 heavy (non-hydrogen) atoms. The Morgan fingerprint density at radius 3 is 2.82 bits per heavy atom. The average Bonchev–Trinajstić information content (AvgIpc) is 2.68. The van der Waals surface area contributed by atoms with Gasteiger partial charge in [-0.05, 0) is 17.8 Å². The van der Waals surface area contributed by atoms with E-state index in [0.29, 0.717) is 15.8 Å². The Morgan fingerprint density at radius 1 is 1.47 bits per heavy atom. The molecule has 0 bridgehead atoms. The number of nitrogens with two attached hydrogens (primary N) is 1. The minimum atomic E-state index is -0.378. The summed E-state index contributed by atoms with van der Waals surface area (Å²) >= 11 is 1.23. The van der Waals surface area contributed by atoms with Crippen molar-refractivity contribution in [2.24, 2.45) is 7.05 Å². The number of nitrogen functional groups attached to an aromatic ring is 1. The van der Waals surface area contributed by atoms with E-state index in [9.17, 15) is 4.39 Å². The fraction of sp³-hybridized carbons (Fsp3) is 0.182. The molecule has 1 aromatic heterocycles. The SMILES string of the molecule is COc1cc(Sc2nccn2C)c(F)cc1N. The second-order valence-corrected chi connectivity index (χ2v) is 4.46. The monoisotopic (exact) mass is 253 g/mol. The van der Waals surface area contributed by atoms with Gasteiger partial charge >= 0.3 is 0 Å². The van der Waals surface area contributed by atoms with Gasteiger partial charge in [0.1, 0.15) is 11.6 Å². The maximum absolute atomic E-state index is 13.7. The molecule has 90 valence electrons. The van der Waals surface area contributed by atoms with Crippen LogP contribution in [0.2, 0.25) is 0 Å². The van der Waals surface area contributed by atoms with Gasteiger partial charge in [-0.15, -0.1) is 0 Å². The zero-order chi connectivity index (χ0) is 12.4. The maximum Gasteiger partial charge on any atom is 0.172 e. The molecule has 0 radical (unpaired) electrons.